The third-order valence-corrected chi connectivity index (χ3v) is 4.65. The number of carbonyl (C=O) groups excluding carboxylic acids is 2. The summed E-state index contributed by atoms with van der Waals surface area (Å²) in [4.78, 5) is 23.9. The van der Waals surface area contributed by atoms with Crippen LogP contribution in [0.4, 0.5) is 10.5 Å². The molecule has 1 aromatic carbocycles. The van der Waals surface area contributed by atoms with E-state index < -0.39 is 6.03 Å². The van der Waals surface area contributed by atoms with Crippen LogP contribution in [0.15, 0.2) is 64.1 Å². The molecule has 1 rings (SSSR count). The summed E-state index contributed by atoms with van der Waals surface area (Å²) in [5.41, 5.74) is 2.47. The molecule has 28 heavy (non-hydrogen) atoms. The lowest BCUT2D eigenvalue weighted by Crippen LogP contribution is -2.40. The average molecular weight is 449 g/mol. The maximum absolute atomic E-state index is 12.3. The number of amides is 2. The van der Waals surface area contributed by atoms with E-state index in [1.807, 2.05) is 55.2 Å². The molecule has 0 bridgehead atoms. The minimum atomic E-state index is -0.475. The van der Waals surface area contributed by atoms with Gasteiger partial charge in [-0.25, -0.2) is 4.79 Å². The van der Waals surface area contributed by atoms with Crippen LogP contribution < -0.4 is 10.6 Å². The topological polar surface area (TPSA) is 64.7 Å². The Morgan fingerprint density at radius 1 is 1.21 bits per heavy atom. The van der Waals surface area contributed by atoms with Gasteiger partial charge in [-0.3, -0.25) is 14.8 Å². The monoisotopic (exact) mass is 448 g/mol. The van der Waals surface area contributed by atoms with Crippen molar-refractivity contribution < 1.29 is 9.59 Å². The number of hydrogen-bond donors (Lipinski definition) is 2. The van der Waals surface area contributed by atoms with Gasteiger partial charge in [0.2, 0.25) is 0 Å². The number of anilines is 1. The Morgan fingerprint density at radius 3 is 2.36 bits per heavy atom. The highest BCUT2D eigenvalue weighted by Gasteiger charge is 2.16. The highest BCUT2D eigenvalue weighted by atomic mass is 79.9. The number of urea groups is 1. The first-order chi connectivity index (χ1) is 13.4. The van der Waals surface area contributed by atoms with Gasteiger partial charge in [0.25, 0.3) is 0 Å². The van der Waals surface area contributed by atoms with Gasteiger partial charge in [0.1, 0.15) is 5.70 Å². The van der Waals surface area contributed by atoms with Crippen molar-refractivity contribution in [2.24, 2.45) is 0 Å². The fraction of sp³-hybridized carbons (Fsp3) is 0.333. The van der Waals surface area contributed by atoms with Crippen molar-refractivity contribution >= 4 is 33.9 Å². The number of nitrogens with zero attached hydrogens (tertiary/aromatic N) is 2. The largest absolute Gasteiger partial charge is 0.323 e. The molecule has 2 N–H and O–H groups in total. The van der Waals surface area contributed by atoms with Crippen LogP contribution in [0, 0.1) is 0 Å². The van der Waals surface area contributed by atoms with Gasteiger partial charge in [0.05, 0.1) is 11.4 Å². The number of rotatable bonds is 9. The predicted octanol–water partition coefficient (Wildman–Crippen LogP) is 5.04. The van der Waals surface area contributed by atoms with E-state index in [0.717, 1.165) is 16.6 Å². The first kappa shape index (κ1) is 23.5. The zero-order valence-corrected chi connectivity index (χ0v) is 18.7. The van der Waals surface area contributed by atoms with Crippen molar-refractivity contribution in [1.82, 2.24) is 15.3 Å². The predicted molar refractivity (Wildman–Crippen MR) is 118 cm³/mol. The van der Waals surface area contributed by atoms with Crippen LogP contribution in [0.25, 0.3) is 0 Å². The molecule has 0 radical (unpaired) electrons. The first-order valence-electron chi connectivity index (χ1n) is 9.21. The number of nitrogens with one attached hydrogen (secondary N) is 2. The van der Waals surface area contributed by atoms with Crippen LogP contribution in [0.2, 0.25) is 0 Å². The lowest BCUT2D eigenvalue weighted by atomic mass is 10.3. The number of aldehydes is 1. The van der Waals surface area contributed by atoms with Gasteiger partial charge < -0.3 is 10.6 Å². The normalized spacial score (nSPS) is 12.4. The molecule has 0 aliphatic rings. The highest BCUT2D eigenvalue weighted by molar-refractivity contribution is 9.10. The molecular weight excluding hydrogens is 420 g/mol. The van der Waals surface area contributed by atoms with Crippen molar-refractivity contribution in [2.45, 2.75) is 34.1 Å². The number of halogens is 1. The molecule has 0 unspecified atom stereocenters. The molecule has 0 spiro atoms. The standard InChI is InChI=1S/C21H29BrN4O2/c1-6-9-10-19(7-2)26(8-3)25(5)16(4)20(15-27)24-21(28)23-18-13-11-17(22)12-14-18/h7,9-15H,6,8H2,1-5H3,(H2,23,24,28)/b10-9-,19-7+,20-16+. The molecule has 1 aromatic rings. The quantitative estimate of drug-likeness (QED) is 0.240. The minimum Gasteiger partial charge on any atom is -0.308 e. The average Bonchev–Trinajstić information content (AvgIpc) is 2.70. The molecule has 6 nitrogen and oxygen atoms in total. The Labute approximate surface area is 176 Å². The zero-order valence-electron chi connectivity index (χ0n) is 17.1. The van der Waals surface area contributed by atoms with Gasteiger partial charge in [0.15, 0.2) is 6.29 Å². The second-order valence-electron chi connectivity index (χ2n) is 5.97. The Kier molecular flexibility index (Phi) is 10.1. The van der Waals surface area contributed by atoms with E-state index in [4.69, 9.17) is 0 Å². The minimum absolute atomic E-state index is 0.200. The van der Waals surface area contributed by atoms with Crippen molar-refractivity contribution in [1.29, 1.82) is 0 Å². The van der Waals surface area contributed by atoms with Crippen LogP contribution in [-0.4, -0.2) is 35.9 Å². The fourth-order valence-corrected chi connectivity index (χ4v) is 2.78. The van der Waals surface area contributed by atoms with Gasteiger partial charge in [-0.15, -0.1) is 0 Å². The van der Waals surface area contributed by atoms with E-state index in [2.05, 4.69) is 39.6 Å². The molecule has 2 amide bonds. The molecule has 152 valence electrons. The van der Waals surface area contributed by atoms with Crippen molar-refractivity contribution in [3.63, 3.8) is 0 Å². The van der Waals surface area contributed by atoms with Gasteiger partial charge in [-0.05, 0) is 57.5 Å². The second-order valence-corrected chi connectivity index (χ2v) is 6.88. The van der Waals surface area contributed by atoms with Crippen LogP contribution in [0.3, 0.4) is 0 Å². The third kappa shape index (κ3) is 6.88. The highest BCUT2D eigenvalue weighted by Crippen LogP contribution is 2.17. The summed E-state index contributed by atoms with van der Waals surface area (Å²) in [6.07, 6.45) is 7.72. The number of benzene rings is 1. The molecule has 0 aliphatic heterocycles. The SMILES string of the molecule is C/C=C(\C=C/CC)N(CC)N(C)/C(C)=C(\C=O)NC(=O)Nc1ccc(Br)cc1. The third-order valence-electron chi connectivity index (χ3n) is 4.12. The van der Waals surface area contributed by atoms with Gasteiger partial charge >= 0.3 is 6.03 Å². The summed E-state index contributed by atoms with van der Waals surface area (Å²) in [5, 5.41) is 9.23. The number of hydrazine groups is 1. The van der Waals surface area contributed by atoms with Crippen LogP contribution >= 0.6 is 15.9 Å². The Morgan fingerprint density at radius 2 is 1.86 bits per heavy atom. The Bertz CT molecular complexity index is 754. The summed E-state index contributed by atoms with van der Waals surface area (Å²) >= 11 is 3.35. The molecule has 0 aromatic heterocycles. The molecule has 0 saturated heterocycles. The zero-order chi connectivity index (χ0) is 21.1. The smallest absolute Gasteiger partial charge is 0.308 e. The van der Waals surface area contributed by atoms with Gasteiger partial charge in [0, 0.05) is 23.8 Å². The second kappa shape index (κ2) is 12.0. The van der Waals surface area contributed by atoms with Crippen LogP contribution in [0.5, 0.6) is 0 Å². The van der Waals surface area contributed by atoms with Crippen molar-refractivity contribution in [3.05, 3.63) is 64.1 Å². The maximum Gasteiger partial charge on any atom is 0.323 e. The molecule has 0 aliphatic carbocycles. The summed E-state index contributed by atoms with van der Waals surface area (Å²) < 4.78 is 0.918. The van der Waals surface area contributed by atoms with E-state index in [9.17, 15) is 9.59 Å². The van der Waals surface area contributed by atoms with Gasteiger partial charge in [-0.2, -0.15) is 0 Å². The van der Waals surface area contributed by atoms with E-state index in [-0.39, 0.29) is 5.70 Å². The van der Waals surface area contributed by atoms with E-state index in [0.29, 0.717) is 24.2 Å². The Balaban J connectivity index is 2.98. The molecule has 0 heterocycles. The lowest BCUT2D eigenvalue weighted by Gasteiger charge is -2.36. The molecule has 0 saturated carbocycles. The number of carbonyl (C=O) groups is 2. The van der Waals surface area contributed by atoms with Crippen LogP contribution in [-0.2, 0) is 4.79 Å². The van der Waals surface area contributed by atoms with Crippen molar-refractivity contribution in [3.8, 4) is 0 Å². The van der Waals surface area contributed by atoms with E-state index >= 15 is 0 Å². The molecule has 0 fully saturated rings. The number of likely N-dealkylation sites (N-methyl/N-ethyl adjacent to an activating group) is 1. The lowest BCUT2D eigenvalue weighted by molar-refractivity contribution is -0.105. The maximum atomic E-state index is 12.3. The van der Waals surface area contributed by atoms with E-state index in [1.165, 1.54) is 0 Å². The summed E-state index contributed by atoms with van der Waals surface area (Å²) in [6.45, 7) is 8.58. The van der Waals surface area contributed by atoms with Crippen molar-refractivity contribution in [2.75, 3.05) is 18.9 Å². The summed E-state index contributed by atoms with van der Waals surface area (Å²) in [5.74, 6) is 0. The summed E-state index contributed by atoms with van der Waals surface area (Å²) in [7, 11) is 1.86. The fourth-order valence-electron chi connectivity index (χ4n) is 2.52. The summed E-state index contributed by atoms with van der Waals surface area (Å²) in [6, 6.07) is 6.71. The first-order valence-corrected chi connectivity index (χ1v) is 10.0. The van der Waals surface area contributed by atoms with E-state index in [1.54, 1.807) is 19.1 Å². The van der Waals surface area contributed by atoms with Gasteiger partial charge in [-0.1, -0.05) is 35.0 Å². The molecule has 0 atom stereocenters. The molecular formula is C21H29BrN4O2. The van der Waals surface area contributed by atoms with Crippen LogP contribution in [0.1, 0.15) is 34.1 Å². The molecule has 7 heteroatoms. The number of allylic oxidation sites excluding steroid dienone is 5. The number of hydrogen-bond acceptors (Lipinski definition) is 4. The Hall–Kier alpha value is -2.54.